The number of hydrogen-bond acceptors (Lipinski definition) is 3. The molecule has 0 radical (unpaired) electrons. The first-order valence-electron chi connectivity index (χ1n) is 5.99. The largest absolute Gasteiger partial charge is 0.480 e. The van der Waals surface area contributed by atoms with E-state index in [0.717, 1.165) is 10.9 Å². The Morgan fingerprint density at radius 2 is 2.00 bits per heavy atom. The maximum Gasteiger partial charge on any atom is 0.322 e. The number of rotatable bonds is 3. The number of carboxylic acids is 1. The predicted molar refractivity (Wildman–Crippen MR) is 68.3 cm³/mol. The van der Waals surface area contributed by atoms with Crippen molar-refractivity contribution in [1.29, 1.82) is 0 Å². The van der Waals surface area contributed by atoms with Crippen LogP contribution in [0.5, 0.6) is 0 Å². The Labute approximate surface area is 109 Å². The van der Waals surface area contributed by atoms with Gasteiger partial charge in [-0.15, -0.1) is 0 Å². The standard InChI is InChI=1S/C14H13NO4/c1-8-11(9-4-2-3-5-10(9)15-8)12(16)14(13(17)18)6-19-7-14/h2-5,15H,6-7H2,1H3,(H,17,18). The molecule has 19 heavy (non-hydrogen) atoms. The van der Waals surface area contributed by atoms with E-state index in [1.807, 2.05) is 24.3 Å². The number of nitrogens with one attached hydrogen (secondary N) is 1. The Balaban J connectivity index is 2.17. The molecule has 5 nitrogen and oxygen atoms in total. The number of aromatic amines is 1. The minimum atomic E-state index is -1.42. The number of ether oxygens (including phenoxy) is 1. The molecule has 2 heterocycles. The SMILES string of the molecule is Cc1[nH]c2ccccc2c1C(=O)C1(C(=O)O)COC1. The van der Waals surface area contributed by atoms with Gasteiger partial charge in [0.15, 0.2) is 11.2 Å². The average molecular weight is 259 g/mol. The summed E-state index contributed by atoms with van der Waals surface area (Å²) in [6, 6.07) is 7.38. The molecule has 0 bridgehead atoms. The fourth-order valence-electron chi connectivity index (χ4n) is 2.47. The number of aliphatic carboxylic acids is 1. The first-order valence-corrected chi connectivity index (χ1v) is 5.99. The van der Waals surface area contributed by atoms with Crippen molar-refractivity contribution < 1.29 is 19.4 Å². The van der Waals surface area contributed by atoms with E-state index in [1.54, 1.807) is 6.92 Å². The summed E-state index contributed by atoms with van der Waals surface area (Å²) in [5, 5.41) is 10.1. The van der Waals surface area contributed by atoms with E-state index < -0.39 is 11.4 Å². The maximum atomic E-state index is 12.6. The number of hydrogen-bond donors (Lipinski definition) is 2. The van der Waals surface area contributed by atoms with Crippen LogP contribution in [0.15, 0.2) is 24.3 Å². The Kier molecular flexibility index (Phi) is 2.46. The lowest BCUT2D eigenvalue weighted by molar-refractivity contribution is -0.168. The number of carbonyl (C=O) groups excluding carboxylic acids is 1. The molecule has 1 aromatic heterocycles. The number of carbonyl (C=O) groups is 2. The lowest BCUT2D eigenvalue weighted by atomic mass is 9.78. The van der Waals surface area contributed by atoms with Gasteiger partial charge in [-0.1, -0.05) is 18.2 Å². The van der Waals surface area contributed by atoms with Crippen LogP contribution < -0.4 is 0 Å². The molecular weight excluding hydrogens is 246 g/mol. The Bertz CT molecular complexity index is 682. The van der Waals surface area contributed by atoms with Gasteiger partial charge in [-0.3, -0.25) is 9.59 Å². The minimum Gasteiger partial charge on any atom is -0.480 e. The molecule has 0 unspecified atom stereocenters. The highest BCUT2D eigenvalue weighted by atomic mass is 16.5. The van der Waals surface area contributed by atoms with Gasteiger partial charge in [0.05, 0.1) is 13.2 Å². The summed E-state index contributed by atoms with van der Waals surface area (Å²) in [7, 11) is 0. The lowest BCUT2D eigenvalue weighted by Crippen LogP contribution is -2.54. The number of aromatic nitrogens is 1. The number of aryl methyl sites for hydroxylation is 1. The summed E-state index contributed by atoms with van der Waals surface area (Å²) in [5.74, 6) is -1.49. The van der Waals surface area contributed by atoms with Crippen LogP contribution in [-0.2, 0) is 9.53 Å². The third kappa shape index (κ3) is 1.51. The molecule has 0 saturated carbocycles. The average Bonchev–Trinajstić information content (AvgIpc) is 2.62. The monoisotopic (exact) mass is 259 g/mol. The zero-order valence-corrected chi connectivity index (χ0v) is 10.4. The third-order valence-corrected chi connectivity index (χ3v) is 3.66. The minimum absolute atomic E-state index is 0.0554. The second-order valence-corrected chi connectivity index (χ2v) is 4.88. The maximum absolute atomic E-state index is 12.6. The summed E-state index contributed by atoms with van der Waals surface area (Å²) in [6.07, 6.45) is 0. The van der Waals surface area contributed by atoms with E-state index in [1.165, 1.54) is 0 Å². The molecule has 1 aromatic carbocycles. The Morgan fingerprint density at radius 1 is 1.32 bits per heavy atom. The molecule has 1 saturated heterocycles. The molecule has 0 amide bonds. The van der Waals surface area contributed by atoms with E-state index in [0.29, 0.717) is 11.3 Å². The van der Waals surface area contributed by atoms with Crippen LogP contribution in [0.25, 0.3) is 10.9 Å². The van der Waals surface area contributed by atoms with Gasteiger partial charge >= 0.3 is 5.97 Å². The summed E-state index contributed by atoms with van der Waals surface area (Å²) in [6.45, 7) is 1.67. The topological polar surface area (TPSA) is 79.4 Å². The summed E-state index contributed by atoms with van der Waals surface area (Å²) < 4.78 is 4.96. The number of carboxylic acid groups (broad SMARTS) is 1. The van der Waals surface area contributed by atoms with Gasteiger partial charge in [-0.2, -0.15) is 0 Å². The highest BCUT2D eigenvalue weighted by Crippen LogP contribution is 2.35. The third-order valence-electron chi connectivity index (χ3n) is 3.66. The zero-order valence-electron chi connectivity index (χ0n) is 10.4. The van der Waals surface area contributed by atoms with Crippen molar-refractivity contribution in [3.8, 4) is 0 Å². The molecular formula is C14H13NO4. The van der Waals surface area contributed by atoms with Gasteiger partial charge < -0.3 is 14.8 Å². The van der Waals surface area contributed by atoms with Gasteiger partial charge in [0.1, 0.15) is 0 Å². The van der Waals surface area contributed by atoms with Crippen LogP contribution in [0.3, 0.4) is 0 Å². The van der Waals surface area contributed by atoms with Gasteiger partial charge in [-0.05, 0) is 13.0 Å². The summed E-state index contributed by atoms with van der Waals surface area (Å²) in [5.41, 5.74) is 0.569. The quantitative estimate of drug-likeness (QED) is 0.650. The summed E-state index contributed by atoms with van der Waals surface area (Å²) in [4.78, 5) is 27.1. The fourth-order valence-corrected chi connectivity index (χ4v) is 2.47. The molecule has 0 atom stereocenters. The first kappa shape index (κ1) is 11.9. The molecule has 2 aromatic rings. The molecule has 5 heteroatoms. The second kappa shape index (κ2) is 3.93. The van der Waals surface area contributed by atoms with Crippen molar-refractivity contribution in [3.63, 3.8) is 0 Å². The fraction of sp³-hybridized carbons (Fsp3) is 0.286. The van der Waals surface area contributed by atoms with Crippen molar-refractivity contribution >= 4 is 22.7 Å². The molecule has 0 aliphatic carbocycles. The van der Waals surface area contributed by atoms with E-state index in [-0.39, 0.29) is 19.0 Å². The van der Waals surface area contributed by atoms with E-state index in [2.05, 4.69) is 4.98 Å². The molecule has 3 rings (SSSR count). The van der Waals surface area contributed by atoms with Crippen LogP contribution in [0, 0.1) is 12.3 Å². The van der Waals surface area contributed by atoms with E-state index >= 15 is 0 Å². The van der Waals surface area contributed by atoms with Crippen LogP contribution in [0.2, 0.25) is 0 Å². The molecule has 1 fully saturated rings. The van der Waals surface area contributed by atoms with E-state index in [4.69, 9.17) is 4.74 Å². The number of ketones is 1. The number of H-pyrrole nitrogens is 1. The zero-order chi connectivity index (χ0) is 13.6. The van der Waals surface area contributed by atoms with Crippen LogP contribution in [-0.4, -0.2) is 35.1 Å². The van der Waals surface area contributed by atoms with Crippen LogP contribution >= 0.6 is 0 Å². The lowest BCUT2D eigenvalue weighted by Gasteiger charge is -2.35. The van der Waals surface area contributed by atoms with E-state index in [9.17, 15) is 14.7 Å². The van der Waals surface area contributed by atoms with Crippen LogP contribution in [0.4, 0.5) is 0 Å². The number of Topliss-reactive ketones (excluding diaryl/α,β-unsaturated/α-hetero) is 1. The normalized spacial score (nSPS) is 17.1. The van der Waals surface area contributed by atoms with Crippen LogP contribution in [0.1, 0.15) is 16.1 Å². The molecule has 2 N–H and O–H groups in total. The number of benzene rings is 1. The number of para-hydroxylation sites is 1. The Morgan fingerprint density at radius 3 is 2.58 bits per heavy atom. The smallest absolute Gasteiger partial charge is 0.322 e. The molecule has 1 aliphatic heterocycles. The molecule has 1 aliphatic rings. The van der Waals surface area contributed by atoms with Crippen molar-refractivity contribution in [1.82, 2.24) is 4.98 Å². The van der Waals surface area contributed by atoms with Gasteiger partial charge in [0.2, 0.25) is 0 Å². The number of fused-ring (bicyclic) bond motifs is 1. The summed E-state index contributed by atoms with van der Waals surface area (Å²) >= 11 is 0. The first-order chi connectivity index (χ1) is 9.06. The predicted octanol–water partition coefficient (Wildman–Crippen LogP) is 1.76. The van der Waals surface area contributed by atoms with Gasteiger partial charge in [0, 0.05) is 22.2 Å². The molecule has 98 valence electrons. The van der Waals surface area contributed by atoms with Crippen molar-refractivity contribution in [3.05, 3.63) is 35.5 Å². The van der Waals surface area contributed by atoms with Gasteiger partial charge in [0.25, 0.3) is 0 Å². The molecule has 0 spiro atoms. The van der Waals surface area contributed by atoms with Crippen molar-refractivity contribution in [2.24, 2.45) is 5.41 Å². The Hall–Kier alpha value is -2.14. The highest BCUT2D eigenvalue weighted by Gasteiger charge is 2.54. The van der Waals surface area contributed by atoms with Crippen molar-refractivity contribution in [2.75, 3.05) is 13.2 Å². The van der Waals surface area contributed by atoms with Crippen molar-refractivity contribution in [2.45, 2.75) is 6.92 Å². The van der Waals surface area contributed by atoms with Gasteiger partial charge in [-0.25, -0.2) is 0 Å². The highest BCUT2D eigenvalue weighted by molar-refractivity contribution is 6.19. The second-order valence-electron chi connectivity index (χ2n) is 4.88.